The molecular formula is C20H22ClN3OS. The summed E-state index contributed by atoms with van der Waals surface area (Å²) in [6.45, 7) is 5.20. The minimum atomic E-state index is 0.746. The number of benzene rings is 2. The third kappa shape index (κ3) is 3.65. The molecule has 0 unspecified atom stereocenters. The molecule has 1 fully saturated rings. The molecule has 0 N–H and O–H groups in total. The van der Waals surface area contributed by atoms with E-state index in [2.05, 4.69) is 28.0 Å². The van der Waals surface area contributed by atoms with Gasteiger partial charge < -0.3 is 9.64 Å². The molecule has 0 atom stereocenters. The SMILES string of the molecule is COc1ccccc1N1CCN(CCc2nc3c(Cl)cccc3s2)CC1. The first-order valence-electron chi connectivity index (χ1n) is 8.89. The van der Waals surface area contributed by atoms with E-state index < -0.39 is 0 Å². The molecule has 0 saturated carbocycles. The molecule has 2 heterocycles. The molecule has 1 aliphatic rings. The molecule has 0 bridgehead atoms. The van der Waals surface area contributed by atoms with Crippen molar-refractivity contribution in [2.45, 2.75) is 6.42 Å². The zero-order chi connectivity index (χ0) is 17.9. The second kappa shape index (κ2) is 7.82. The summed E-state index contributed by atoms with van der Waals surface area (Å²) in [5.74, 6) is 0.951. The highest BCUT2D eigenvalue weighted by Crippen LogP contribution is 2.29. The fourth-order valence-corrected chi connectivity index (χ4v) is 4.68. The van der Waals surface area contributed by atoms with Crippen molar-refractivity contribution in [1.82, 2.24) is 9.88 Å². The van der Waals surface area contributed by atoms with Crippen LogP contribution in [0.2, 0.25) is 5.02 Å². The molecule has 2 aromatic carbocycles. The Morgan fingerprint density at radius 3 is 2.65 bits per heavy atom. The molecule has 1 aromatic heterocycles. The van der Waals surface area contributed by atoms with Crippen LogP contribution in [0.3, 0.4) is 0 Å². The highest BCUT2D eigenvalue weighted by molar-refractivity contribution is 7.18. The minimum Gasteiger partial charge on any atom is -0.495 e. The van der Waals surface area contributed by atoms with Gasteiger partial charge in [0.15, 0.2) is 0 Å². The molecular weight excluding hydrogens is 366 g/mol. The molecule has 1 saturated heterocycles. The van der Waals surface area contributed by atoms with Crippen LogP contribution in [0.4, 0.5) is 5.69 Å². The summed E-state index contributed by atoms with van der Waals surface area (Å²) in [5, 5.41) is 1.91. The maximum Gasteiger partial charge on any atom is 0.142 e. The number of rotatable bonds is 5. The lowest BCUT2D eigenvalue weighted by atomic mass is 10.2. The summed E-state index contributed by atoms with van der Waals surface area (Å²) in [6, 6.07) is 14.2. The molecule has 4 rings (SSSR count). The van der Waals surface area contributed by atoms with Gasteiger partial charge in [-0.3, -0.25) is 4.90 Å². The van der Waals surface area contributed by atoms with Crippen LogP contribution in [0.1, 0.15) is 5.01 Å². The summed E-state index contributed by atoms with van der Waals surface area (Å²) in [5.41, 5.74) is 2.13. The quantitative estimate of drug-likeness (QED) is 0.651. The summed E-state index contributed by atoms with van der Waals surface area (Å²) < 4.78 is 6.67. The van der Waals surface area contributed by atoms with E-state index in [4.69, 9.17) is 21.3 Å². The van der Waals surface area contributed by atoms with Crippen molar-refractivity contribution < 1.29 is 4.74 Å². The van der Waals surface area contributed by atoms with Crippen molar-refractivity contribution >= 4 is 38.8 Å². The van der Waals surface area contributed by atoms with Crippen LogP contribution >= 0.6 is 22.9 Å². The number of thiazole rings is 1. The average Bonchev–Trinajstić information content (AvgIpc) is 3.11. The third-order valence-corrected chi connectivity index (χ3v) is 6.24. The first-order chi connectivity index (χ1) is 12.7. The van der Waals surface area contributed by atoms with Crippen LogP contribution in [0.5, 0.6) is 5.75 Å². The van der Waals surface area contributed by atoms with E-state index in [1.165, 1.54) is 15.4 Å². The van der Waals surface area contributed by atoms with Gasteiger partial charge in [0.05, 0.1) is 27.5 Å². The number of piperazine rings is 1. The largest absolute Gasteiger partial charge is 0.495 e. The highest BCUT2D eigenvalue weighted by atomic mass is 35.5. The maximum absolute atomic E-state index is 6.24. The minimum absolute atomic E-state index is 0.746. The lowest BCUT2D eigenvalue weighted by molar-refractivity contribution is 0.260. The van der Waals surface area contributed by atoms with Gasteiger partial charge in [-0.15, -0.1) is 11.3 Å². The zero-order valence-corrected chi connectivity index (χ0v) is 16.4. The third-order valence-electron chi connectivity index (χ3n) is 4.85. The fraction of sp³-hybridized carbons (Fsp3) is 0.350. The van der Waals surface area contributed by atoms with Gasteiger partial charge in [-0.1, -0.05) is 29.8 Å². The topological polar surface area (TPSA) is 28.6 Å². The molecule has 26 heavy (non-hydrogen) atoms. The van der Waals surface area contributed by atoms with E-state index in [-0.39, 0.29) is 0 Å². The van der Waals surface area contributed by atoms with E-state index in [0.29, 0.717) is 0 Å². The Bertz CT molecular complexity index is 890. The van der Waals surface area contributed by atoms with E-state index in [9.17, 15) is 0 Å². The van der Waals surface area contributed by atoms with Gasteiger partial charge >= 0.3 is 0 Å². The van der Waals surface area contributed by atoms with Crippen LogP contribution in [0.15, 0.2) is 42.5 Å². The standard InChI is InChI=1S/C20H22ClN3OS/c1-25-17-7-3-2-6-16(17)24-13-11-23(12-14-24)10-9-19-22-20-15(21)5-4-8-18(20)26-19/h2-8H,9-14H2,1H3. The van der Waals surface area contributed by atoms with Gasteiger partial charge in [0.25, 0.3) is 0 Å². The number of para-hydroxylation sites is 3. The second-order valence-electron chi connectivity index (χ2n) is 6.44. The molecule has 0 aliphatic carbocycles. The first kappa shape index (κ1) is 17.6. The number of fused-ring (bicyclic) bond motifs is 1. The Labute approximate surface area is 163 Å². The van der Waals surface area contributed by atoms with Gasteiger partial charge in [0, 0.05) is 39.1 Å². The number of hydrogen-bond donors (Lipinski definition) is 0. The number of ether oxygens (including phenoxy) is 1. The predicted octanol–water partition coefficient (Wildman–Crippen LogP) is 4.32. The van der Waals surface area contributed by atoms with Gasteiger partial charge in [-0.05, 0) is 24.3 Å². The summed E-state index contributed by atoms with van der Waals surface area (Å²) in [7, 11) is 1.74. The van der Waals surface area contributed by atoms with E-state index in [1.54, 1.807) is 18.4 Å². The Balaban J connectivity index is 1.34. The van der Waals surface area contributed by atoms with Crippen molar-refractivity contribution in [2.24, 2.45) is 0 Å². The van der Waals surface area contributed by atoms with Crippen LogP contribution in [0.25, 0.3) is 10.2 Å². The number of hydrogen-bond acceptors (Lipinski definition) is 5. The van der Waals surface area contributed by atoms with Gasteiger partial charge in [-0.2, -0.15) is 0 Å². The fourth-order valence-electron chi connectivity index (χ4n) is 3.42. The summed E-state index contributed by atoms with van der Waals surface area (Å²) in [4.78, 5) is 9.64. The summed E-state index contributed by atoms with van der Waals surface area (Å²) in [6.07, 6.45) is 0.977. The predicted molar refractivity (Wildman–Crippen MR) is 110 cm³/mol. The van der Waals surface area contributed by atoms with Crippen molar-refractivity contribution in [3.8, 4) is 5.75 Å². The highest BCUT2D eigenvalue weighted by Gasteiger charge is 2.19. The number of aromatic nitrogens is 1. The van der Waals surface area contributed by atoms with Gasteiger partial charge in [0.1, 0.15) is 11.3 Å². The summed E-state index contributed by atoms with van der Waals surface area (Å²) >= 11 is 7.99. The van der Waals surface area contributed by atoms with Crippen molar-refractivity contribution in [1.29, 1.82) is 0 Å². The zero-order valence-electron chi connectivity index (χ0n) is 14.8. The van der Waals surface area contributed by atoms with Crippen LogP contribution in [-0.4, -0.2) is 49.7 Å². The Morgan fingerprint density at radius 1 is 1.08 bits per heavy atom. The number of halogens is 1. The monoisotopic (exact) mass is 387 g/mol. The average molecular weight is 388 g/mol. The lowest BCUT2D eigenvalue weighted by Gasteiger charge is -2.36. The molecule has 3 aromatic rings. The number of anilines is 1. The molecule has 0 spiro atoms. The Kier molecular flexibility index (Phi) is 5.29. The molecule has 136 valence electrons. The van der Waals surface area contributed by atoms with Gasteiger partial charge in [0.2, 0.25) is 0 Å². The van der Waals surface area contributed by atoms with E-state index in [0.717, 1.165) is 55.4 Å². The van der Waals surface area contributed by atoms with Crippen LogP contribution in [-0.2, 0) is 6.42 Å². The normalized spacial score (nSPS) is 15.5. The first-order valence-corrected chi connectivity index (χ1v) is 10.1. The second-order valence-corrected chi connectivity index (χ2v) is 7.97. The Hall–Kier alpha value is -1.82. The smallest absolute Gasteiger partial charge is 0.142 e. The van der Waals surface area contributed by atoms with Crippen molar-refractivity contribution in [2.75, 3.05) is 44.7 Å². The number of methoxy groups -OCH3 is 1. The van der Waals surface area contributed by atoms with Crippen LogP contribution < -0.4 is 9.64 Å². The van der Waals surface area contributed by atoms with Gasteiger partial charge in [-0.25, -0.2) is 4.98 Å². The Morgan fingerprint density at radius 2 is 1.88 bits per heavy atom. The molecule has 1 aliphatic heterocycles. The van der Waals surface area contributed by atoms with Crippen LogP contribution in [0, 0.1) is 0 Å². The molecule has 6 heteroatoms. The van der Waals surface area contributed by atoms with Crippen molar-refractivity contribution in [3.63, 3.8) is 0 Å². The van der Waals surface area contributed by atoms with E-state index >= 15 is 0 Å². The van der Waals surface area contributed by atoms with Crippen molar-refractivity contribution in [3.05, 3.63) is 52.5 Å². The van der Waals surface area contributed by atoms with E-state index in [1.807, 2.05) is 24.3 Å². The number of nitrogens with zero attached hydrogens (tertiary/aromatic N) is 3. The lowest BCUT2D eigenvalue weighted by Crippen LogP contribution is -2.47. The maximum atomic E-state index is 6.24. The molecule has 4 nitrogen and oxygen atoms in total. The molecule has 0 radical (unpaired) electrons. The molecule has 0 amide bonds.